The molecule has 2 atom stereocenters. The zero-order chi connectivity index (χ0) is 15.4. The Hall–Kier alpha value is -0.390. The van der Waals surface area contributed by atoms with Gasteiger partial charge >= 0.3 is 0 Å². The Bertz CT molecular complexity index is 585. The van der Waals surface area contributed by atoms with Gasteiger partial charge < -0.3 is 4.57 Å². The molecule has 5 heteroatoms. The second-order valence-corrected chi connectivity index (χ2v) is 9.98. The van der Waals surface area contributed by atoms with Gasteiger partial charge in [-0.15, -0.1) is 23.5 Å². The van der Waals surface area contributed by atoms with Gasteiger partial charge in [0.15, 0.2) is 0 Å². The zero-order valence-corrected chi connectivity index (χ0v) is 16.0. The largest absolute Gasteiger partial charge is 0.337 e. The van der Waals surface area contributed by atoms with Crippen LogP contribution >= 0.6 is 39.5 Å². The number of aryl methyl sites for hydroxylation is 1. The fourth-order valence-corrected chi connectivity index (χ4v) is 6.85. The lowest BCUT2D eigenvalue weighted by Crippen LogP contribution is -2.23. The Morgan fingerprint density at radius 2 is 2.18 bits per heavy atom. The molecule has 22 heavy (non-hydrogen) atoms. The summed E-state index contributed by atoms with van der Waals surface area (Å²) in [5, 5.41) is 0.795. The smallest absolute Gasteiger partial charge is 0.0945 e. The van der Waals surface area contributed by atoms with Crippen LogP contribution in [0.3, 0.4) is 0 Å². The van der Waals surface area contributed by atoms with Gasteiger partial charge in [-0.1, -0.05) is 35.0 Å². The maximum absolute atomic E-state index is 4.16. The van der Waals surface area contributed by atoms with Crippen LogP contribution in [0.15, 0.2) is 47.5 Å². The van der Waals surface area contributed by atoms with Gasteiger partial charge in [0, 0.05) is 34.4 Å². The molecule has 1 aromatic carbocycles. The predicted octanol–water partition coefficient (Wildman–Crippen LogP) is 5.23. The molecular weight excluding hydrogens is 376 g/mol. The summed E-state index contributed by atoms with van der Waals surface area (Å²) >= 11 is 7.89. The maximum atomic E-state index is 4.16. The number of thioether (sulfide) groups is 2. The molecule has 0 bridgehead atoms. The molecule has 1 aromatic heterocycles. The van der Waals surface area contributed by atoms with E-state index in [1.54, 1.807) is 0 Å². The molecule has 118 valence electrons. The number of hydrogen-bond acceptors (Lipinski definition) is 3. The second kappa shape index (κ2) is 7.45. The molecule has 2 nitrogen and oxygen atoms in total. The van der Waals surface area contributed by atoms with Crippen LogP contribution in [-0.2, 0) is 13.0 Å². The van der Waals surface area contributed by atoms with E-state index in [9.17, 15) is 0 Å². The molecular formula is C17H21BrN2S2. The van der Waals surface area contributed by atoms with Gasteiger partial charge in [-0.3, -0.25) is 0 Å². The third-order valence-electron chi connectivity index (χ3n) is 4.07. The van der Waals surface area contributed by atoms with Crippen molar-refractivity contribution in [3.05, 3.63) is 53.0 Å². The van der Waals surface area contributed by atoms with Crippen LogP contribution in [0.4, 0.5) is 0 Å². The fourth-order valence-electron chi connectivity index (χ4n) is 2.76. The maximum Gasteiger partial charge on any atom is 0.0945 e. The Labute approximate surface area is 149 Å². The van der Waals surface area contributed by atoms with Gasteiger partial charge in [0.25, 0.3) is 0 Å². The van der Waals surface area contributed by atoms with E-state index < -0.39 is 0 Å². The van der Waals surface area contributed by atoms with E-state index in [2.05, 4.69) is 86.4 Å². The van der Waals surface area contributed by atoms with Crippen molar-refractivity contribution in [2.75, 3.05) is 5.75 Å². The van der Waals surface area contributed by atoms with E-state index >= 15 is 0 Å². The number of benzene rings is 1. The summed E-state index contributed by atoms with van der Waals surface area (Å²) in [4.78, 5) is 4.16. The molecule has 0 spiro atoms. The van der Waals surface area contributed by atoms with E-state index in [1.165, 1.54) is 24.2 Å². The Balaban J connectivity index is 1.72. The first-order chi connectivity index (χ1) is 10.7. The molecule has 0 aliphatic carbocycles. The van der Waals surface area contributed by atoms with Crippen LogP contribution in [0.1, 0.15) is 25.3 Å². The molecule has 1 saturated heterocycles. The summed E-state index contributed by atoms with van der Waals surface area (Å²) in [7, 11) is 0. The van der Waals surface area contributed by atoms with Crippen molar-refractivity contribution in [1.82, 2.24) is 9.55 Å². The SMILES string of the molecule is CCC1CSC(CCn2ccnc2)(Cc2ccc(Br)cc2)S1. The summed E-state index contributed by atoms with van der Waals surface area (Å²) in [6.45, 7) is 3.36. The zero-order valence-electron chi connectivity index (χ0n) is 12.7. The number of rotatable bonds is 6. The fraction of sp³-hybridized carbons (Fsp3) is 0.471. The minimum absolute atomic E-state index is 0.304. The lowest BCUT2D eigenvalue weighted by atomic mass is 10.1. The first-order valence-electron chi connectivity index (χ1n) is 7.71. The van der Waals surface area contributed by atoms with E-state index in [4.69, 9.17) is 0 Å². The van der Waals surface area contributed by atoms with Gasteiger partial charge in [0.05, 0.1) is 10.4 Å². The average Bonchev–Trinajstić information content (AvgIpc) is 3.18. The third kappa shape index (κ3) is 4.12. The van der Waals surface area contributed by atoms with Crippen molar-refractivity contribution >= 4 is 39.5 Å². The Kier molecular flexibility index (Phi) is 5.58. The van der Waals surface area contributed by atoms with E-state index in [-0.39, 0.29) is 0 Å². The minimum atomic E-state index is 0.304. The average molecular weight is 397 g/mol. The highest BCUT2D eigenvalue weighted by Crippen LogP contribution is 2.53. The van der Waals surface area contributed by atoms with Crippen molar-refractivity contribution in [1.29, 1.82) is 0 Å². The quantitative estimate of drug-likeness (QED) is 0.665. The number of aromatic nitrogens is 2. The van der Waals surface area contributed by atoms with Crippen LogP contribution in [0.25, 0.3) is 0 Å². The molecule has 0 amide bonds. The highest BCUT2D eigenvalue weighted by molar-refractivity contribution is 9.10. The molecule has 3 rings (SSSR count). The van der Waals surface area contributed by atoms with Crippen LogP contribution in [0.5, 0.6) is 0 Å². The van der Waals surface area contributed by atoms with E-state index in [0.717, 1.165) is 22.7 Å². The lowest BCUT2D eigenvalue weighted by molar-refractivity contribution is 0.597. The molecule has 0 N–H and O–H groups in total. The van der Waals surface area contributed by atoms with Crippen molar-refractivity contribution in [2.45, 2.75) is 42.1 Å². The van der Waals surface area contributed by atoms with Crippen LogP contribution < -0.4 is 0 Å². The van der Waals surface area contributed by atoms with Crippen molar-refractivity contribution in [2.24, 2.45) is 0 Å². The number of halogens is 1. The molecule has 2 aromatic rings. The summed E-state index contributed by atoms with van der Waals surface area (Å²) in [6, 6.07) is 8.81. The highest BCUT2D eigenvalue weighted by atomic mass is 79.9. The van der Waals surface area contributed by atoms with Crippen molar-refractivity contribution in [3.63, 3.8) is 0 Å². The normalized spacial score (nSPS) is 24.7. The van der Waals surface area contributed by atoms with E-state index in [0.29, 0.717) is 4.08 Å². The van der Waals surface area contributed by atoms with Crippen LogP contribution in [-0.4, -0.2) is 24.6 Å². The summed E-state index contributed by atoms with van der Waals surface area (Å²) in [5.41, 5.74) is 1.44. The Morgan fingerprint density at radius 3 is 2.82 bits per heavy atom. The van der Waals surface area contributed by atoms with E-state index in [1.807, 2.05) is 12.5 Å². The van der Waals surface area contributed by atoms with Gasteiger partial charge in [-0.25, -0.2) is 4.98 Å². The van der Waals surface area contributed by atoms with Crippen molar-refractivity contribution < 1.29 is 0 Å². The topological polar surface area (TPSA) is 17.8 Å². The second-order valence-electron chi connectivity index (χ2n) is 5.72. The first kappa shape index (κ1) is 16.5. The Morgan fingerprint density at radius 1 is 1.36 bits per heavy atom. The van der Waals surface area contributed by atoms with Crippen molar-refractivity contribution in [3.8, 4) is 0 Å². The highest BCUT2D eigenvalue weighted by Gasteiger charge is 2.39. The third-order valence-corrected chi connectivity index (χ3v) is 8.50. The molecule has 0 saturated carbocycles. The van der Waals surface area contributed by atoms with Gasteiger partial charge in [0.2, 0.25) is 0 Å². The predicted molar refractivity (Wildman–Crippen MR) is 102 cm³/mol. The van der Waals surface area contributed by atoms with Crippen LogP contribution in [0, 0.1) is 0 Å². The molecule has 2 heterocycles. The number of imidazole rings is 1. The number of hydrogen-bond donors (Lipinski definition) is 0. The van der Waals surface area contributed by atoms with Gasteiger partial charge in [0.1, 0.15) is 0 Å². The monoisotopic (exact) mass is 396 g/mol. The standard InChI is InChI=1S/C17H21BrN2S2/c1-2-16-12-21-17(22-16,7-9-20-10-8-19-13-20)11-14-3-5-15(18)6-4-14/h3-6,8,10,13,16H,2,7,9,11-12H2,1H3. The summed E-state index contributed by atoms with van der Waals surface area (Å²) < 4.78 is 3.66. The lowest BCUT2D eigenvalue weighted by Gasteiger charge is -2.28. The molecule has 1 fully saturated rings. The van der Waals surface area contributed by atoms with Gasteiger partial charge in [-0.05, 0) is 37.0 Å². The summed E-state index contributed by atoms with van der Waals surface area (Å²) in [6.07, 6.45) is 9.45. The molecule has 1 aliphatic rings. The first-order valence-corrected chi connectivity index (χ1v) is 10.4. The molecule has 2 unspecified atom stereocenters. The van der Waals surface area contributed by atoms with Gasteiger partial charge in [-0.2, -0.15) is 0 Å². The molecule has 0 radical (unpaired) electrons. The molecule has 1 aliphatic heterocycles. The number of nitrogens with zero attached hydrogens (tertiary/aromatic N) is 2. The minimum Gasteiger partial charge on any atom is -0.337 e. The van der Waals surface area contributed by atoms with Crippen LogP contribution in [0.2, 0.25) is 0 Å². The summed E-state index contributed by atoms with van der Waals surface area (Å²) in [5.74, 6) is 1.28.